The Labute approximate surface area is 139 Å². The summed E-state index contributed by atoms with van der Waals surface area (Å²) in [7, 11) is -3.86. The maximum Gasteiger partial charge on any atom is 0.264 e. The molecule has 0 spiro atoms. The number of hydrogen-bond donors (Lipinski definition) is 1. The van der Waals surface area contributed by atoms with Crippen LogP contribution in [-0.2, 0) is 14.8 Å². The highest BCUT2D eigenvalue weighted by molar-refractivity contribution is 7.92. The molecule has 2 aromatic carbocycles. The van der Waals surface area contributed by atoms with E-state index in [1.54, 1.807) is 24.3 Å². The zero-order valence-electron chi connectivity index (χ0n) is 12.6. The van der Waals surface area contributed by atoms with Gasteiger partial charge >= 0.3 is 0 Å². The molecule has 0 aromatic heterocycles. The van der Waals surface area contributed by atoms with Crippen LogP contribution in [0.4, 0.5) is 11.4 Å². The molecule has 23 heavy (non-hydrogen) atoms. The van der Waals surface area contributed by atoms with E-state index in [1.807, 2.05) is 19.9 Å². The lowest BCUT2D eigenvalue weighted by atomic mass is 10.2. The van der Waals surface area contributed by atoms with E-state index in [0.29, 0.717) is 16.4 Å². The van der Waals surface area contributed by atoms with E-state index in [2.05, 4.69) is 5.32 Å². The number of fused-ring (bicyclic) bond motifs is 1. The second kappa shape index (κ2) is 5.54. The number of hydrogen-bond acceptors (Lipinski definition) is 3. The molecule has 3 rings (SSSR count). The third-order valence-electron chi connectivity index (χ3n) is 3.57. The fourth-order valence-corrected chi connectivity index (χ4v) is 4.43. The minimum absolute atomic E-state index is 0.163. The molecule has 0 aliphatic carbocycles. The molecule has 2 aromatic rings. The minimum Gasteiger partial charge on any atom is -0.323 e. The molecule has 1 N–H and O–H groups in total. The first-order valence-corrected chi connectivity index (χ1v) is 8.79. The second-order valence-electron chi connectivity index (χ2n) is 5.54. The number of benzene rings is 2. The van der Waals surface area contributed by atoms with Crippen molar-refractivity contribution in [2.24, 2.45) is 0 Å². The van der Waals surface area contributed by atoms with Crippen LogP contribution in [-0.4, -0.2) is 20.9 Å². The Morgan fingerprint density at radius 2 is 1.74 bits per heavy atom. The molecule has 0 atom stereocenters. The van der Waals surface area contributed by atoms with E-state index in [4.69, 9.17) is 11.6 Å². The van der Waals surface area contributed by atoms with Gasteiger partial charge in [-0.25, -0.2) is 8.42 Å². The van der Waals surface area contributed by atoms with Gasteiger partial charge in [0.2, 0.25) is 5.91 Å². The molecule has 0 unspecified atom stereocenters. The maximum atomic E-state index is 13.0. The van der Waals surface area contributed by atoms with Crippen molar-refractivity contribution in [2.45, 2.75) is 18.7 Å². The van der Waals surface area contributed by atoms with Crippen LogP contribution in [0.25, 0.3) is 0 Å². The molecule has 1 aliphatic heterocycles. The average Bonchev–Trinajstić information content (AvgIpc) is 2.46. The topological polar surface area (TPSA) is 66.5 Å². The lowest BCUT2D eigenvalue weighted by molar-refractivity contribution is -0.115. The molecule has 120 valence electrons. The van der Waals surface area contributed by atoms with Gasteiger partial charge in [-0.05, 0) is 55.3 Å². The molecule has 0 saturated carbocycles. The lowest BCUT2D eigenvalue weighted by Crippen LogP contribution is -2.42. The average molecular weight is 351 g/mol. The SMILES string of the molecule is Cc1cc(C)cc(S(=O)(=O)N2CC(=O)Nc3ccc(Cl)cc32)c1. The van der Waals surface area contributed by atoms with Crippen molar-refractivity contribution < 1.29 is 13.2 Å². The fraction of sp³-hybridized carbons (Fsp3) is 0.188. The van der Waals surface area contributed by atoms with Crippen molar-refractivity contribution in [3.63, 3.8) is 0 Å². The smallest absolute Gasteiger partial charge is 0.264 e. The molecule has 0 radical (unpaired) electrons. The highest BCUT2D eigenvalue weighted by atomic mass is 35.5. The van der Waals surface area contributed by atoms with Gasteiger partial charge in [-0.1, -0.05) is 17.7 Å². The van der Waals surface area contributed by atoms with E-state index in [-0.39, 0.29) is 17.3 Å². The number of rotatable bonds is 2. The van der Waals surface area contributed by atoms with Gasteiger partial charge in [0.1, 0.15) is 6.54 Å². The van der Waals surface area contributed by atoms with E-state index < -0.39 is 10.0 Å². The minimum atomic E-state index is -3.86. The quantitative estimate of drug-likeness (QED) is 0.905. The van der Waals surface area contributed by atoms with Crippen LogP contribution < -0.4 is 9.62 Å². The second-order valence-corrected chi connectivity index (χ2v) is 7.84. The van der Waals surface area contributed by atoms with Crippen molar-refractivity contribution in [1.29, 1.82) is 0 Å². The predicted octanol–water partition coefficient (Wildman–Crippen LogP) is 3.10. The van der Waals surface area contributed by atoms with Crippen LogP contribution in [0.15, 0.2) is 41.3 Å². The zero-order valence-corrected chi connectivity index (χ0v) is 14.2. The first-order chi connectivity index (χ1) is 10.8. The monoisotopic (exact) mass is 350 g/mol. The molecule has 0 fully saturated rings. The van der Waals surface area contributed by atoms with Gasteiger partial charge in [-0.15, -0.1) is 0 Å². The maximum absolute atomic E-state index is 13.0. The Morgan fingerprint density at radius 3 is 2.39 bits per heavy atom. The normalized spacial score (nSPS) is 14.4. The van der Waals surface area contributed by atoms with E-state index in [1.165, 1.54) is 6.07 Å². The van der Waals surface area contributed by atoms with Gasteiger partial charge in [-0.3, -0.25) is 9.10 Å². The van der Waals surface area contributed by atoms with Crippen molar-refractivity contribution in [1.82, 2.24) is 0 Å². The van der Waals surface area contributed by atoms with Gasteiger partial charge in [0, 0.05) is 5.02 Å². The van der Waals surface area contributed by atoms with E-state index in [9.17, 15) is 13.2 Å². The lowest BCUT2D eigenvalue weighted by Gasteiger charge is -2.30. The number of nitrogens with one attached hydrogen (secondary N) is 1. The summed E-state index contributed by atoms with van der Waals surface area (Å²) in [4.78, 5) is 12.0. The fourth-order valence-electron chi connectivity index (χ4n) is 2.65. The van der Waals surface area contributed by atoms with Crippen molar-refractivity contribution in [3.05, 3.63) is 52.5 Å². The first-order valence-electron chi connectivity index (χ1n) is 6.98. The summed E-state index contributed by atoms with van der Waals surface area (Å²) < 4.78 is 27.1. The van der Waals surface area contributed by atoms with Gasteiger partial charge in [0.15, 0.2) is 0 Å². The Morgan fingerprint density at radius 1 is 1.09 bits per heavy atom. The molecule has 1 heterocycles. The van der Waals surface area contributed by atoms with Gasteiger partial charge < -0.3 is 5.32 Å². The summed E-state index contributed by atoms with van der Waals surface area (Å²) >= 11 is 5.99. The Kier molecular flexibility index (Phi) is 3.82. The number of aryl methyl sites for hydroxylation is 2. The molecule has 1 aliphatic rings. The van der Waals surface area contributed by atoms with Gasteiger partial charge in [0.05, 0.1) is 16.3 Å². The molecule has 0 bridgehead atoms. The number of anilines is 2. The predicted molar refractivity (Wildman–Crippen MR) is 90.5 cm³/mol. The molecule has 0 saturated heterocycles. The third-order valence-corrected chi connectivity index (χ3v) is 5.55. The van der Waals surface area contributed by atoms with Crippen molar-refractivity contribution in [3.8, 4) is 0 Å². The highest BCUT2D eigenvalue weighted by Crippen LogP contribution is 2.35. The first kappa shape index (κ1) is 15.8. The van der Waals surface area contributed by atoms with Crippen LogP contribution in [0.3, 0.4) is 0 Å². The number of carbonyl (C=O) groups is 1. The molecular weight excluding hydrogens is 336 g/mol. The number of amides is 1. The largest absolute Gasteiger partial charge is 0.323 e. The van der Waals surface area contributed by atoms with E-state index >= 15 is 0 Å². The summed E-state index contributed by atoms with van der Waals surface area (Å²) in [5, 5.41) is 3.06. The standard InChI is InChI=1S/C16H15ClN2O3S/c1-10-5-11(2)7-13(6-10)23(21,22)19-9-16(20)18-14-4-3-12(17)8-15(14)19/h3-8H,9H2,1-2H3,(H,18,20). The molecule has 5 nitrogen and oxygen atoms in total. The van der Waals surface area contributed by atoms with Crippen LogP contribution in [0.5, 0.6) is 0 Å². The summed E-state index contributed by atoms with van der Waals surface area (Å²) in [5.74, 6) is -0.382. The number of nitrogens with zero attached hydrogens (tertiary/aromatic N) is 1. The summed E-state index contributed by atoms with van der Waals surface area (Å²) in [6.07, 6.45) is 0. The summed E-state index contributed by atoms with van der Waals surface area (Å²) in [6, 6.07) is 9.83. The Balaban J connectivity index is 2.17. The summed E-state index contributed by atoms with van der Waals surface area (Å²) in [5.41, 5.74) is 2.49. The van der Waals surface area contributed by atoms with Crippen LogP contribution in [0.1, 0.15) is 11.1 Å². The Bertz CT molecular complexity index is 889. The van der Waals surface area contributed by atoms with Crippen molar-refractivity contribution >= 4 is 38.9 Å². The number of halogens is 1. The molecule has 7 heteroatoms. The molecular formula is C16H15ClN2O3S. The molecule has 1 amide bonds. The number of sulfonamides is 1. The van der Waals surface area contributed by atoms with Gasteiger partial charge in [0.25, 0.3) is 10.0 Å². The van der Waals surface area contributed by atoms with Crippen LogP contribution in [0.2, 0.25) is 5.02 Å². The third kappa shape index (κ3) is 2.92. The van der Waals surface area contributed by atoms with Gasteiger partial charge in [-0.2, -0.15) is 0 Å². The van der Waals surface area contributed by atoms with Crippen LogP contribution >= 0.6 is 11.6 Å². The summed E-state index contributed by atoms with van der Waals surface area (Å²) in [6.45, 7) is 3.39. The van der Waals surface area contributed by atoms with Crippen LogP contribution in [0, 0.1) is 13.8 Å². The Hall–Kier alpha value is -2.05. The van der Waals surface area contributed by atoms with E-state index in [0.717, 1.165) is 15.4 Å². The zero-order chi connectivity index (χ0) is 16.8. The highest BCUT2D eigenvalue weighted by Gasteiger charge is 2.32. The van der Waals surface area contributed by atoms with Crippen molar-refractivity contribution in [2.75, 3.05) is 16.2 Å². The number of carbonyl (C=O) groups excluding carboxylic acids is 1.